The zero-order chi connectivity index (χ0) is 19.7. The third-order valence-corrected chi connectivity index (χ3v) is 5.12. The summed E-state index contributed by atoms with van der Waals surface area (Å²) in [6.07, 6.45) is 1.59. The van der Waals surface area contributed by atoms with Crippen molar-refractivity contribution in [1.29, 1.82) is 0 Å². The van der Waals surface area contributed by atoms with Gasteiger partial charge in [0.1, 0.15) is 6.54 Å². The van der Waals surface area contributed by atoms with E-state index in [-0.39, 0.29) is 18.2 Å². The van der Waals surface area contributed by atoms with Crippen molar-refractivity contribution in [2.75, 3.05) is 18.7 Å². The van der Waals surface area contributed by atoms with E-state index in [0.717, 1.165) is 16.7 Å². The first-order chi connectivity index (χ1) is 13.5. The van der Waals surface area contributed by atoms with Gasteiger partial charge in [0.2, 0.25) is 12.7 Å². The third kappa shape index (κ3) is 3.83. The molecule has 3 amide bonds. The van der Waals surface area contributed by atoms with Gasteiger partial charge in [-0.2, -0.15) is 0 Å². The fraction of sp³-hybridized carbons (Fsp3) is 0.105. The Labute approximate surface area is 169 Å². The van der Waals surface area contributed by atoms with Crippen molar-refractivity contribution >= 4 is 52.2 Å². The molecule has 28 heavy (non-hydrogen) atoms. The number of benzene rings is 2. The molecule has 1 fully saturated rings. The van der Waals surface area contributed by atoms with Crippen LogP contribution in [0.3, 0.4) is 0 Å². The number of thioether (sulfide) groups is 1. The van der Waals surface area contributed by atoms with Crippen molar-refractivity contribution in [2.24, 2.45) is 0 Å². The van der Waals surface area contributed by atoms with E-state index in [4.69, 9.17) is 21.1 Å². The number of hydrogen-bond acceptors (Lipinski definition) is 6. The minimum absolute atomic E-state index is 0.150. The molecule has 1 N–H and O–H groups in total. The Morgan fingerprint density at radius 3 is 2.82 bits per heavy atom. The number of ether oxygens (including phenoxy) is 2. The lowest BCUT2D eigenvalue weighted by atomic mass is 10.2. The molecule has 0 aliphatic carbocycles. The van der Waals surface area contributed by atoms with Gasteiger partial charge in [0, 0.05) is 10.7 Å². The molecule has 142 valence electrons. The molecule has 4 rings (SSSR count). The van der Waals surface area contributed by atoms with Crippen LogP contribution in [-0.2, 0) is 9.59 Å². The molecule has 2 aliphatic rings. The average molecular weight is 417 g/mol. The Balaban J connectivity index is 1.45. The van der Waals surface area contributed by atoms with Crippen LogP contribution in [0.4, 0.5) is 10.5 Å². The van der Waals surface area contributed by atoms with Crippen molar-refractivity contribution < 1.29 is 23.9 Å². The van der Waals surface area contributed by atoms with Crippen molar-refractivity contribution in [3.8, 4) is 11.5 Å². The van der Waals surface area contributed by atoms with E-state index < -0.39 is 17.1 Å². The zero-order valence-corrected chi connectivity index (χ0v) is 15.9. The largest absolute Gasteiger partial charge is 0.454 e. The summed E-state index contributed by atoms with van der Waals surface area (Å²) in [5, 5.41) is 2.58. The Bertz CT molecular complexity index is 1020. The molecular weight excluding hydrogens is 404 g/mol. The summed E-state index contributed by atoms with van der Waals surface area (Å²) >= 11 is 6.66. The number of anilines is 1. The van der Waals surface area contributed by atoms with Crippen LogP contribution in [0, 0.1) is 0 Å². The van der Waals surface area contributed by atoms with E-state index >= 15 is 0 Å². The van der Waals surface area contributed by atoms with Crippen molar-refractivity contribution in [1.82, 2.24) is 4.90 Å². The molecule has 7 nitrogen and oxygen atoms in total. The number of amides is 3. The van der Waals surface area contributed by atoms with Crippen molar-refractivity contribution in [3.05, 3.63) is 58.0 Å². The minimum atomic E-state index is -0.520. The molecule has 9 heteroatoms. The number of rotatable bonds is 4. The maximum Gasteiger partial charge on any atom is 0.294 e. The van der Waals surface area contributed by atoms with Gasteiger partial charge in [0.25, 0.3) is 11.1 Å². The monoisotopic (exact) mass is 416 g/mol. The van der Waals surface area contributed by atoms with Crippen LogP contribution in [0.1, 0.15) is 5.56 Å². The van der Waals surface area contributed by atoms with E-state index in [1.54, 1.807) is 48.5 Å². The lowest BCUT2D eigenvalue weighted by Gasteiger charge is -2.12. The quantitative estimate of drug-likeness (QED) is 0.764. The molecule has 2 aromatic carbocycles. The second-order valence-corrected chi connectivity index (χ2v) is 7.37. The molecule has 0 aromatic heterocycles. The SMILES string of the molecule is O=C(CN1C(=O)S/C(=C/c2ccc3c(c2)OCO3)C1=O)Nc1cccc(Cl)c1. The number of imide groups is 1. The maximum absolute atomic E-state index is 12.6. The van der Waals surface area contributed by atoms with Gasteiger partial charge in [0.05, 0.1) is 4.91 Å². The summed E-state index contributed by atoms with van der Waals surface area (Å²) in [4.78, 5) is 38.1. The van der Waals surface area contributed by atoms with Crippen LogP contribution in [0.15, 0.2) is 47.4 Å². The average Bonchev–Trinajstić information content (AvgIpc) is 3.21. The molecule has 0 saturated carbocycles. The van der Waals surface area contributed by atoms with Crippen LogP contribution >= 0.6 is 23.4 Å². The van der Waals surface area contributed by atoms with E-state index in [9.17, 15) is 14.4 Å². The highest BCUT2D eigenvalue weighted by molar-refractivity contribution is 8.18. The highest BCUT2D eigenvalue weighted by atomic mass is 35.5. The van der Waals surface area contributed by atoms with Crippen molar-refractivity contribution in [3.63, 3.8) is 0 Å². The molecule has 0 bridgehead atoms. The van der Waals surface area contributed by atoms with Crippen LogP contribution in [0.25, 0.3) is 6.08 Å². The highest BCUT2D eigenvalue weighted by Gasteiger charge is 2.36. The first-order valence-corrected chi connectivity index (χ1v) is 9.39. The summed E-state index contributed by atoms with van der Waals surface area (Å²) < 4.78 is 10.6. The van der Waals surface area contributed by atoms with Crippen LogP contribution in [0.5, 0.6) is 11.5 Å². The molecule has 0 atom stereocenters. The lowest BCUT2D eigenvalue weighted by molar-refractivity contribution is -0.127. The van der Waals surface area contributed by atoms with Gasteiger partial charge in [-0.15, -0.1) is 0 Å². The highest BCUT2D eigenvalue weighted by Crippen LogP contribution is 2.36. The van der Waals surface area contributed by atoms with Gasteiger partial charge < -0.3 is 14.8 Å². The summed E-state index contributed by atoms with van der Waals surface area (Å²) in [6, 6.07) is 11.8. The Hall–Kier alpha value is -2.97. The smallest absolute Gasteiger partial charge is 0.294 e. The molecule has 2 heterocycles. The number of hydrogen-bond donors (Lipinski definition) is 1. The Morgan fingerprint density at radius 1 is 1.18 bits per heavy atom. The first-order valence-electron chi connectivity index (χ1n) is 8.20. The molecule has 0 radical (unpaired) electrons. The molecular formula is C19H13ClN2O5S. The number of nitrogens with one attached hydrogen (secondary N) is 1. The van der Waals surface area contributed by atoms with Crippen LogP contribution in [0.2, 0.25) is 5.02 Å². The van der Waals surface area contributed by atoms with Gasteiger partial charge in [0.15, 0.2) is 11.5 Å². The summed E-state index contributed by atoms with van der Waals surface area (Å²) in [5.41, 5.74) is 1.18. The topological polar surface area (TPSA) is 84.9 Å². The van der Waals surface area contributed by atoms with Crippen molar-refractivity contribution in [2.45, 2.75) is 0 Å². The summed E-state index contributed by atoms with van der Waals surface area (Å²) in [6.45, 7) is -0.229. The van der Waals surface area contributed by atoms with E-state index in [2.05, 4.69) is 5.32 Å². The van der Waals surface area contributed by atoms with E-state index in [1.807, 2.05) is 0 Å². The summed E-state index contributed by atoms with van der Waals surface area (Å²) in [7, 11) is 0. The lowest BCUT2D eigenvalue weighted by Crippen LogP contribution is -2.36. The molecule has 2 aromatic rings. The van der Waals surface area contributed by atoms with Gasteiger partial charge >= 0.3 is 0 Å². The Kier molecular flexibility index (Phi) is 4.97. The van der Waals surface area contributed by atoms with Gasteiger partial charge in [-0.3, -0.25) is 19.3 Å². The molecule has 0 unspecified atom stereocenters. The van der Waals surface area contributed by atoms with Crippen LogP contribution in [-0.4, -0.2) is 35.3 Å². The zero-order valence-electron chi connectivity index (χ0n) is 14.3. The van der Waals surface area contributed by atoms with Gasteiger partial charge in [-0.25, -0.2) is 0 Å². The second kappa shape index (κ2) is 7.57. The number of fused-ring (bicyclic) bond motifs is 1. The number of carbonyl (C=O) groups excluding carboxylic acids is 3. The molecule has 2 aliphatic heterocycles. The van der Waals surface area contributed by atoms with Gasteiger partial charge in [-0.05, 0) is 53.7 Å². The molecule has 1 saturated heterocycles. The fourth-order valence-corrected chi connectivity index (χ4v) is 3.73. The number of halogens is 1. The van der Waals surface area contributed by atoms with E-state index in [1.165, 1.54) is 0 Å². The third-order valence-electron chi connectivity index (χ3n) is 3.98. The second-order valence-electron chi connectivity index (χ2n) is 5.94. The molecule has 0 spiro atoms. The standard InChI is InChI=1S/C19H13ClN2O5S/c20-12-2-1-3-13(8-12)21-17(23)9-22-18(24)16(28-19(22)25)7-11-4-5-14-15(6-11)27-10-26-14/h1-8H,9-10H2,(H,21,23)/b16-7+. The maximum atomic E-state index is 12.6. The number of nitrogens with zero attached hydrogens (tertiary/aromatic N) is 1. The minimum Gasteiger partial charge on any atom is -0.454 e. The first kappa shape index (κ1) is 18.4. The predicted octanol–water partition coefficient (Wildman–Crippen LogP) is 3.74. The predicted molar refractivity (Wildman–Crippen MR) is 105 cm³/mol. The summed E-state index contributed by atoms with van der Waals surface area (Å²) in [5.74, 6) is 0.194. The van der Waals surface area contributed by atoms with Gasteiger partial charge in [-0.1, -0.05) is 23.7 Å². The Morgan fingerprint density at radius 2 is 2.00 bits per heavy atom. The van der Waals surface area contributed by atoms with E-state index in [0.29, 0.717) is 27.8 Å². The van der Waals surface area contributed by atoms with Crippen LogP contribution < -0.4 is 14.8 Å². The fourth-order valence-electron chi connectivity index (χ4n) is 2.70. The number of carbonyl (C=O) groups is 3. The normalized spacial score (nSPS) is 16.8.